The predicted molar refractivity (Wildman–Crippen MR) is 123 cm³/mol. The molecule has 1 aromatic carbocycles. The van der Waals surface area contributed by atoms with Gasteiger partial charge in [-0.1, -0.05) is 38.0 Å². The molecule has 0 saturated carbocycles. The summed E-state index contributed by atoms with van der Waals surface area (Å²) in [5.74, 6) is -0.348. The smallest absolute Gasteiger partial charge is 0.308 e. The number of carboxylic acids is 1. The molecule has 1 aromatic rings. The van der Waals surface area contributed by atoms with Crippen molar-refractivity contribution in [3.8, 4) is 5.75 Å². The first-order valence-electron chi connectivity index (χ1n) is 11.5. The first-order valence-corrected chi connectivity index (χ1v) is 13.2. The first-order chi connectivity index (χ1) is 14.9. The Kier molecular flexibility index (Phi) is 11.3. The third-order valence-electron chi connectivity index (χ3n) is 5.83. The van der Waals surface area contributed by atoms with Crippen LogP contribution in [0.15, 0.2) is 24.3 Å². The summed E-state index contributed by atoms with van der Waals surface area (Å²) in [4.78, 5) is 11.7. The van der Waals surface area contributed by atoms with Gasteiger partial charge in [-0.3, -0.25) is 4.79 Å². The van der Waals surface area contributed by atoms with Crippen LogP contribution in [0.2, 0.25) is 0 Å². The van der Waals surface area contributed by atoms with Crippen molar-refractivity contribution >= 4 is 16.0 Å². The molecule has 1 aliphatic rings. The Morgan fingerprint density at radius 3 is 2.68 bits per heavy atom. The van der Waals surface area contributed by atoms with Crippen molar-refractivity contribution in [3.63, 3.8) is 0 Å². The Morgan fingerprint density at radius 2 is 1.97 bits per heavy atom. The molecule has 0 bridgehead atoms. The molecule has 0 aliphatic carbocycles. The minimum absolute atomic E-state index is 0.0207. The van der Waals surface area contributed by atoms with Gasteiger partial charge in [0.2, 0.25) is 10.0 Å². The van der Waals surface area contributed by atoms with E-state index in [9.17, 15) is 18.3 Å². The third-order valence-corrected chi connectivity index (χ3v) is 7.26. The lowest BCUT2D eigenvalue weighted by Gasteiger charge is -2.22. The monoisotopic (exact) mass is 454 g/mol. The maximum atomic E-state index is 12.0. The van der Waals surface area contributed by atoms with Gasteiger partial charge < -0.3 is 15.2 Å². The average Bonchev–Trinajstić information content (AvgIpc) is 2.76. The highest BCUT2D eigenvalue weighted by Gasteiger charge is 2.22. The van der Waals surface area contributed by atoms with E-state index >= 15 is 0 Å². The molecule has 8 heteroatoms. The zero-order valence-corrected chi connectivity index (χ0v) is 19.5. The third kappa shape index (κ3) is 10.0. The fourth-order valence-electron chi connectivity index (χ4n) is 3.85. The van der Waals surface area contributed by atoms with Crippen LogP contribution in [0.4, 0.5) is 0 Å². The summed E-state index contributed by atoms with van der Waals surface area (Å²) in [7, 11) is -3.45. The number of carbonyl (C=O) groups is 1. The fourth-order valence-corrected chi connectivity index (χ4v) is 5.12. The van der Waals surface area contributed by atoms with E-state index in [1.54, 1.807) is 0 Å². The van der Waals surface area contributed by atoms with Gasteiger partial charge >= 0.3 is 5.97 Å². The van der Waals surface area contributed by atoms with E-state index in [4.69, 9.17) is 4.74 Å². The van der Waals surface area contributed by atoms with Gasteiger partial charge in [0.25, 0.3) is 0 Å². The Bertz CT molecular complexity index is 763. The maximum absolute atomic E-state index is 12.0. The standard InChI is InChI=1S/C23H38N2O5S/c1-2-3-16-31(28,29)25-18-21(23(26)27)17-20-9-4-5-10-22(20)30-15-7-6-8-19-11-13-24-14-12-19/h4-5,9-10,19,21,24-25H,2-3,6-8,11-18H2,1H3,(H,26,27). The van der Waals surface area contributed by atoms with E-state index in [1.165, 1.54) is 19.3 Å². The van der Waals surface area contributed by atoms with Crippen molar-refractivity contribution in [1.29, 1.82) is 0 Å². The van der Waals surface area contributed by atoms with E-state index in [0.29, 0.717) is 18.8 Å². The van der Waals surface area contributed by atoms with Gasteiger partial charge in [-0.05, 0) is 69.2 Å². The van der Waals surface area contributed by atoms with E-state index in [2.05, 4.69) is 10.0 Å². The number of sulfonamides is 1. The van der Waals surface area contributed by atoms with Gasteiger partial charge in [-0.2, -0.15) is 0 Å². The fraction of sp³-hybridized carbons (Fsp3) is 0.696. The van der Waals surface area contributed by atoms with Gasteiger partial charge in [-0.25, -0.2) is 13.1 Å². The Balaban J connectivity index is 1.83. The summed E-state index contributed by atoms with van der Waals surface area (Å²) in [5, 5.41) is 13.0. The van der Waals surface area contributed by atoms with Gasteiger partial charge in [0.15, 0.2) is 0 Å². The van der Waals surface area contributed by atoms with E-state index < -0.39 is 21.9 Å². The first kappa shape index (κ1) is 25.6. The number of carboxylic acid groups (broad SMARTS) is 1. The van der Waals surface area contributed by atoms with Crippen LogP contribution < -0.4 is 14.8 Å². The molecule has 1 saturated heterocycles. The zero-order chi connectivity index (χ0) is 22.5. The van der Waals surface area contributed by atoms with Crippen LogP contribution >= 0.6 is 0 Å². The molecule has 0 aromatic heterocycles. The molecule has 1 aliphatic heterocycles. The number of ether oxygens (including phenoxy) is 1. The number of hydrogen-bond acceptors (Lipinski definition) is 5. The summed E-state index contributed by atoms with van der Waals surface area (Å²) in [6.45, 7) is 4.64. The molecule has 0 radical (unpaired) electrons. The molecule has 31 heavy (non-hydrogen) atoms. The van der Waals surface area contributed by atoms with Gasteiger partial charge in [-0.15, -0.1) is 0 Å². The Morgan fingerprint density at radius 1 is 1.23 bits per heavy atom. The highest BCUT2D eigenvalue weighted by atomic mass is 32.2. The predicted octanol–water partition coefficient (Wildman–Crippen LogP) is 3.20. The molecule has 1 fully saturated rings. The van der Waals surface area contributed by atoms with Crippen LogP contribution in [0.3, 0.4) is 0 Å². The molecular weight excluding hydrogens is 416 g/mol. The lowest BCUT2D eigenvalue weighted by molar-refractivity contribution is -0.141. The summed E-state index contributed by atoms with van der Waals surface area (Å²) in [5.41, 5.74) is 0.793. The number of para-hydroxylation sites is 1. The van der Waals surface area contributed by atoms with Gasteiger partial charge in [0.05, 0.1) is 18.3 Å². The van der Waals surface area contributed by atoms with Crippen molar-refractivity contribution in [2.24, 2.45) is 11.8 Å². The number of rotatable bonds is 15. The molecule has 1 atom stereocenters. The number of nitrogens with one attached hydrogen (secondary N) is 2. The van der Waals surface area contributed by atoms with Crippen LogP contribution in [0.1, 0.15) is 57.4 Å². The number of piperidine rings is 1. The van der Waals surface area contributed by atoms with Gasteiger partial charge in [0, 0.05) is 6.54 Å². The topological polar surface area (TPSA) is 105 Å². The van der Waals surface area contributed by atoms with Crippen LogP contribution in [0, 0.1) is 11.8 Å². The summed E-state index contributed by atoms with van der Waals surface area (Å²) < 4.78 is 32.5. The normalized spacial score (nSPS) is 16.2. The SMILES string of the molecule is CCCCS(=O)(=O)NCC(Cc1ccccc1OCCCCC1CCNCC1)C(=O)O. The summed E-state index contributed by atoms with van der Waals surface area (Å²) in [6.07, 6.45) is 7.38. The highest BCUT2D eigenvalue weighted by molar-refractivity contribution is 7.89. The molecule has 0 spiro atoms. The molecule has 1 heterocycles. The van der Waals surface area contributed by atoms with Gasteiger partial charge in [0.1, 0.15) is 5.75 Å². The summed E-state index contributed by atoms with van der Waals surface area (Å²) in [6, 6.07) is 7.43. The van der Waals surface area contributed by atoms with E-state index in [-0.39, 0.29) is 18.7 Å². The zero-order valence-electron chi connectivity index (χ0n) is 18.6. The average molecular weight is 455 g/mol. The summed E-state index contributed by atoms with van der Waals surface area (Å²) >= 11 is 0. The Labute approximate surface area is 187 Å². The van der Waals surface area contributed by atoms with Crippen LogP contribution in [0.5, 0.6) is 5.75 Å². The molecule has 2 rings (SSSR count). The molecule has 3 N–H and O–H groups in total. The molecule has 0 amide bonds. The molecule has 1 unspecified atom stereocenters. The van der Waals surface area contributed by atoms with E-state index in [1.807, 2.05) is 31.2 Å². The lowest BCUT2D eigenvalue weighted by Crippen LogP contribution is -2.35. The van der Waals surface area contributed by atoms with Crippen molar-refractivity contribution in [2.45, 2.75) is 58.3 Å². The second-order valence-corrected chi connectivity index (χ2v) is 10.3. The second kappa shape index (κ2) is 13.7. The number of unbranched alkanes of at least 4 members (excludes halogenated alkanes) is 2. The van der Waals surface area contributed by atoms with E-state index in [0.717, 1.165) is 43.8 Å². The highest BCUT2D eigenvalue weighted by Crippen LogP contribution is 2.23. The number of hydrogen-bond donors (Lipinski definition) is 3. The van der Waals surface area contributed by atoms with Crippen LogP contribution in [-0.4, -0.2) is 51.5 Å². The second-order valence-electron chi connectivity index (χ2n) is 8.41. The quantitative estimate of drug-likeness (QED) is 0.352. The lowest BCUT2D eigenvalue weighted by atomic mass is 9.93. The largest absolute Gasteiger partial charge is 0.493 e. The van der Waals surface area contributed by atoms with Crippen LogP contribution in [-0.2, 0) is 21.2 Å². The number of benzene rings is 1. The van der Waals surface area contributed by atoms with Crippen molar-refractivity contribution in [2.75, 3.05) is 32.0 Å². The van der Waals surface area contributed by atoms with Crippen LogP contribution in [0.25, 0.3) is 0 Å². The Hall–Kier alpha value is -1.64. The molecular formula is C23H38N2O5S. The van der Waals surface area contributed by atoms with Crippen molar-refractivity contribution < 1.29 is 23.1 Å². The minimum Gasteiger partial charge on any atom is -0.493 e. The molecule has 7 nitrogen and oxygen atoms in total. The number of aliphatic carboxylic acids is 1. The van der Waals surface area contributed by atoms with Crippen molar-refractivity contribution in [3.05, 3.63) is 29.8 Å². The van der Waals surface area contributed by atoms with Crippen molar-refractivity contribution in [1.82, 2.24) is 10.0 Å². The minimum atomic E-state index is -3.45. The maximum Gasteiger partial charge on any atom is 0.308 e. The molecule has 176 valence electrons.